The number of fused-ring (bicyclic) bond motifs is 1. The minimum Gasteiger partial charge on any atom is -0.457 e. The molecule has 30 heavy (non-hydrogen) atoms. The zero-order valence-corrected chi connectivity index (χ0v) is 17.0. The van der Waals surface area contributed by atoms with Gasteiger partial charge in [0.1, 0.15) is 11.5 Å². The van der Waals surface area contributed by atoms with E-state index in [1.165, 1.54) is 16.2 Å². The number of benzene rings is 1. The topological polar surface area (TPSA) is 116 Å². The summed E-state index contributed by atoms with van der Waals surface area (Å²) in [5.74, 6) is -0.244. The highest BCUT2D eigenvalue weighted by atomic mass is 32.2. The average molecular weight is 436 g/mol. The van der Waals surface area contributed by atoms with Gasteiger partial charge in [0.2, 0.25) is 0 Å². The van der Waals surface area contributed by atoms with Crippen LogP contribution >= 0.6 is 23.1 Å². The first-order chi connectivity index (χ1) is 14.4. The molecule has 148 valence electrons. The van der Waals surface area contributed by atoms with Crippen molar-refractivity contribution in [3.63, 3.8) is 0 Å². The number of furan rings is 1. The lowest BCUT2D eigenvalue weighted by molar-refractivity contribution is -0.113. The van der Waals surface area contributed by atoms with Gasteiger partial charge in [0, 0.05) is 17.0 Å². The van der Waals surface area contributed by atoms with Crippen molar-refractivity contribution in [2.24, 2.45) is 0 Å². The summed E-state index contributed by atoms with van der Waals surface area (Å²) >= 11 is 2.35. The van der Waals surface area contributed by atoms with Gasteiger partial charge in [0.15, 0.2) is 10.3 Å². The second-order valence-electron chi connectivity index (χ2n) is 6.57. The van der Waals surface area contributed by atoms with Gasteiger partial charge in [-0.15, -0.1) is 11.3 Å². The van der Waals surface area contributed by atoms with Gasteiger partial charge < -0.3 is 4.42 Å². The molecule has 2 N–H and O–H groups in total. The number of rotatable bonds is 3. The second kappa shape index (κ2) is 6.78. The number of imide groups is 1. The molecule has 1 saturated heterocycles. The number of nitrogens with one attached hydrogen (secondary N) is 2. The van der Waals surface area contributed by atoms with Gasteiger partial charge in [-0.3, -0.25) is 25.1 Å². The SMILES string of the molecule is Cc1csc(N2C(=N)SC(=Cc3ccc(-c4ccc5c(c4)C(=O)NC5=O)o3)C2=O)n1. The van der Waals surface area contributed by atoms with Crippen LogP contribution in [0.3, 0.4) is 0 Å². The van der Waals surface area contributed by atoms with E-state index in [4.69, 9.17) is 9.83 Å². The van der Waals surface area contributed by atoms with Gasteiger partial charge in [-0.05, 0) is 43.0 Å². The van der Waals surface area contributed by atoms with E-state index in [-0.39, 0.29) is 11.1 Å². The average Bonchev–Trinajstić information content (AvgIpc) is 3.46. The Morgan fingerprint density at radius 1 is 1.13 bits per heavy atom. The number of thioether (sulfide) groups is 1. The molecule has 3 aromatic rings. The first-order valence-electron chi connectivity index (χ1n) is 8.75. The van der Waals surface area contributed by atoms with Crippen LogP contribution in [0.15, 0.2) is 45.0 Å². The number of amidine groups is 1. The van der Waals surface area contributed by atoms with E-state index in [0.29, 0.717) is 38.2 Å². The molecular weight excluding hydrogens is 424 g/mol. The Labute approximate surface area is 178 Å². The van der Waals surface area contributed by atoms with Crippen molar-refractivity contribution in [2.75, 3.05) is 4.90 Å². The molecule has 0 aliphatic carbocycles. The Kier molecular flexibility index (Phi) is 4.19. The molecule has 8 nitrogen and oxygen atoms in total. The molecule has 10 heteroatoms. The minimum absolute atomic E-state index is 0.0849. The number of hydrogen-bond donors (Lipinski definition) is 2. The Morgan fingerprint density at radius 2 is 1.93 bits per heavy atom. The van der Waals surface area contributed by atoms with Gasteiger partial charge in [0.25, 0.3) is 17.7 Å². The van der Waals surface area contributed by atoms with Crippen molar-refractivity contribution < 1.29 is 18.8 Å². The van der Waals surface area contributed by atoms with Crippen molar-refractivity contribution in [2.45, 2.75) is 6.92 Å². The summed E-state index contributed by atoms with van der Waals surface area (Å²) in [6.07, 6.45) is 1.58. The minimum atomic E-state index is -0.435. The van der Waals surface area contributed by atoms with Crippen LogP contribution in [0.25, 0.3) is 17.4 Å². The second-order valence-corrected chi connectivity index (χ2v) is 8.44. The summed E-state index contributed by atoms with van der Waals surface area (Å²) in [4.78, 5) is 42.2. The summed E-state index contributed by atoms with van der Waals surface area (Å²) in [6.45, 7) is 1.83. The lowest BCUT2D eigenvalue weighted by Crippen LogP contribution is -2.27. The maximum Gasteiger partial charge on any atom is 0.273 e. The maximum atomic E-state index is 12.7. The Morgan fingerprint density at radius 3 is 2.70 bits per heavy atom. The molecule has 0 spiro atoms. The Balaban J connectivity index is 1.43. The third kappa shape index (κ3) is 2.97. The molecule has 5 rings (SSSR count). The molecule has 2 aromatic heterocycles. The number of aryl methyl sites for hydroxylation is 1. The van der Waals surface area contributed by atoms with Gasteiger partial charge in [-0.1, -0.05) is 6.07 Å². The number of aromatic nitrogens is 1. The summed E-state index contributed by atoms with van der Waals surface area (Å²) < 4.78 is 5.82. The summed E-state index contributed by atoms with van der Waals surface area (Å²) in [7, 11) is 0. The molecule has 0 radical (unpaired) electrons. The molecule has 0 atom stereocenters. The van der Waals surface area contributed by atoms with E-state index < -0.39 is 11.8 Å². The maximum absolute atomic E-state index is 12.7. The fourth-order valence-corrected chi connectivity index (χ4v) is 4.83. The zero-order chi connectivity index (χ0) is 21.0. The van der Waals surface area contributed by atoms with Crippen molar-refractivity contribution in [1.29, 1.82) is 5.41 Å². The van der Waals surface area contributed by atoms with Crippen molar-refractivity contribution in [3.05, 3.63) is 63.2 Å². The van der Waals surface area contributed by atoms with E-state index in [2.05, 4.69) is 10.3 Å². The standard InChI is InChI=1S/C20H12N4O4S2/c1-9-8-29-20(22-9)24-18(27)15(30-19(24)21)7-11-3-5-14(28-11)10-2-4-12-13(6-10)17(26)23-16(12)25/h2-8,21H,1H3,(H,23,25,26). The van der Waals surface area contributed by atoms with Gasteiger partial charge in [-0.2, -0.15) is 0 Å². The first kappa shape index (κ1) is 18.5. The predicted octanol–water partition coefficient (Wildman–Crippen LogP) is 3.65. The number of hydrogen-bond acceptors (Lipinski definition) is 8. The normalized spacial score (nSPS) is 17.2. The number of carbonyl (C=O) groups is 3. The molecular formula is C20H12N4O4S2. The highest BCUT2D eigenvalue weighted by Crippen LogP contribution is 2.37. The van der Waals surface area contributed by atoms with Crippen LogP contribution in [-0.4, -0.2) is 27.9 Å². The van der Waals surface area contributed by atoms with Gasteiger partial charge in [-0.25, -0.2) is 9.88 Å². The van der Waals surface area contributed by atoms with E-state index in [9.17, 15) is 14.4 Å². The summed E-state index contributed by atoms with van der Waals surface area (Å²) in [5.41, 5.74) is 2.07. The number of anilines is 1. The van der Waals surface area contributed by atoms with Crippen LogP contribution in [-0.2, 0) is 4.79 Å². The number of carbonyl (C=O) groups excluding carboxylic acids is 3. The van der Waals surface area contributed by atoms with E-state index >= 15 is 0 Å². The smallest absolute Gasteiger partial charge is 0.273 e. The van der Waals surface area contributed by atoms with E-state index in [1.807, 2.05) is 12.3 Å². The first-order valence-corrected chi connectivity index (χ1v) is 10.4. The molecule has 1 aromatic carbocycles. The molecule has 2 aliphatic rings. The van der Waals surface area contributed by atoms with Crippen molar-refractivity contribution in [1.82, 2.24) is 10.3 Å². The lowest BCUT2D eigenvalue weighted by Gasteiger charge is -2.09. The largest absolute Gasteiger partial charge is 0.457 e. The van der Waals surface area contributed by atoms with Crippen molar-refractivity contribution in [3.8, 4) is 11.3 Å². The predicted molar refractivity (Wildman–Crippen MR) is 114 cm³/mol. The lowest BCUT2D eigenvalue weighted by atomic mass is 10.0. The van der Waals surface area contributed by atoms with Crippen LogP contribution in [0, 0.1) is 12.3 Å². The van der Waals surface area contributed by atoms with Crippen LogP contribution in [0.1, 0.15) is 32.2 Å². The zero-order valence-electron chi connectivity index (χ0n) is 15.4. The van der Waals surface area contributed by atoms with Crippen LogP contribution in [0.4, 0.5) is 5.13 Å². The molecule has 1 fully saturated rings. The number of amides is 3. The summed E-state index contributed by atoms with van der Waals surface area (Å²) in [5, 5.41) is 12.8. The summed E-state index contributed by atoms with van der Waals surface area (Å²) in [6, 6.07) is 8.30. The molecule has 0 unspecified atom stereocenters. The molecule has 3 amide bonds. The molecule has 2 aliphatic heterocycles. The Hall–Kier alpha value is -3.50. The third-order valence-corrected chi connectivity index (χ3v) is 6.37. The van der Waals surface area contributed by atoms with E-state index in [1.54, 1.807) is 36.4 Å². The van der Waals surface area contributed by atoms with Gasteiger partial charge in [0.05, 0.1) is 21.7 Å². The highest BCUT2D eigenvalue weighted by molar-refractivity contribution is 8.19. The van der Waals surface area contributed by atoms with E-state index in [0.717, 1.165) is 17.5 Å². The van der Waals surface area contributed by atoms with Gasteiger partial charge >= 0.3 is 0 Å². The third-order valence-electron chi connectivity index (χ3n) is 4.54. The van der Waals surface area contributed by atoms with Crippen LogP contribution < -0.4 is 10.2 Å². The highest BCUT2D eigenvalue weighted by Gasteiger charge is 2.35. The molecule has 0 bridgehead atoms. The Bertz CT molecular complexity index is 1300. The monoisotopic (exact) mass is 436 g/mol. The number of nitrogens with zero attached hydrogens (tertiary/aromatic N) is 2. The fraction of sp³-hybridized carbons (Fsp3) is 0.0500. The quantitative estimate of drug-likeness (QED) is 0.478. The molecule has 4 heterocycles. The fourth-order valence-electron chi connectivity index (χ4n) is 3.14. The van der Waals surface area contributed by atoms with Crippen LogP contribution in [0.2, 0.25) is 0 Å². The van der Waals surface area contributed by atoms with Crippen LogP contribution in [0.5, 0.6) is 0 Å². The van der Waals surface area contributed by atoms with Crippen molar-refractivity contribution >= 4 is 57.2 Å². The molecule has 0 saturated carbocycles. The number of thiazole rings is 1.